The van der Waals surface area contributed by atoms with Gasteiger partial charge in [-0.2, -0.15) is 5.10 Å². The summed E-state index contributed by atoms with van der Waals surface area (Å²) in [5.41, 5.74) is 2.39. The summed E-state index contributed by atoms with van der Waals surface area (Å²) in [5.74, 6) is 0.0888. The van der Waals surface area contributed by atoms with Crippen molar-refractivity contribution in [2.75, 3.05) is 6.54 Å². The fraction of sp³-hybridized carbons (Fsp3) is 0.409. The van der Waals surface area contributed by atoms with E-state index in [0.717, 1.165) is 29.4 Å². The number of nitrogens with zero attached hydrogens (tertiary/aromatic N) is 3. The van der Waals surface area contributed by atoms with E-state index in [1.807, 2.05) is 35.0 Å². The van der Waals surface area contributed by atoms with Crippen LogP contribution in [0.5, 0.6) is 0 Å². The molecule has 1 saturated carbocycles. The van der Waals surface area contributed by atoms with Crippen molar-refractivity contribution in [3.63, 3.8) is 0 Å². The monoisotopic (exact) mass is 378 g/mol. The minimum atomic E-state index is -0.477. The van der Waals surface area contributed by atoms with Gasteiger partial charge in [-0.15, -0.1) is 0 Å². The van der Waals surface area contributed by atoms with Gasteiger partial charge in [0, 0.05) is 18.1 Å². The van der Waals surface area contributed by atoms with Gasteiger partial charge in [0.1, 0.15) is 0 Å². The molecule has 4 rings (SSSR count). The van der Waals surface area contributed by atoms with Gasteiger partial charge in [0.15, 0.2) is 5.65 Å². The third kappa shape index (κ3) is 4.22. The standard InChI is InChI=1S/C22H26N4O2/c27-20(17-9-5-2-6-10-17)14-24-22(28)19-11-18-13-25-26(21(18)23-12-19)15-16-7-3-1-4-8-16/h1,3-4,7-8,11-13,17,20,27H,2,5-6,9-10,14-15H2,(H,24,28)/t20-/m1/s1. The number of hydrogen-bond acceptors (Lipinski definition) is 4. The topological polar surface area (TPSA) is 80.0 Å². The Bertz CT molecular complexity index is 932. The first-order valence-electron chi connectivity index (χ1n) is 10.0. The molecular weight excluding hydrogens is 352 g/mol. The molecule has 1 aliphatic carbocycles. The number of nitrogens with one attached hydrogen (secondary N) is 1. The van der Waals surface area contributed by atoms with E-state index in [1.54, 1.807) is 18.5 Å². The fourth-order valence-corrected chi connectivity index (χ4v) is 3.95. The van der Waals surface area contributed by atoms with Crippen molar-refractivity contribution in [1.82, 2.24) is 20.1 Å². The summed E-state index contributed by atoms with van der Waals surface area (Å²) in [5, 5.41) is 18.4. The summed E-state index contributed by atoms with van der Waals surface area (Å²) >= 11 is 0. The Morgan fingerprint density at radius 3 is 2.75 bits per heavy atom. The first-order chi connectivity index (χ1) is 13.7. The molecular formula is C22H26N4O2. The van der Waals surface area contributed by atoms with Crippen LogP contribution in [0, 0.1) is 5.92 Å². The van der Waals surface area contributed by atoms with Gasteiger partial charge in [-0.25, -0.2) is 9.67 Å². The van der Waals surface area contributed by atoms with Gasteiger partial charge < -0.3 is 10.4 Å². The Kier molecular flexibility index (Phi) is 5.67. The van der Waals surface area contributed by atoms with E-state index in [-0.39, 0.29) is 12.5 Å². The highest BCUT2D eigenvalue weighted by molar-refractivity contribution is 5.96. The zero-order valence-electron chi connectivity index (χ0n) is 15.9. The number of carbonyl (C=O) groups excluding carboxylic acids is 1. The van der Waals surface area contributed by atoms with Crippen molar-refractivity contribution in [3.8, 4) is 0 Å². The third-order valence-corrected chi connectivity index (χ3v) is 5.58. The SMILES string of the molecule is O=C(NC[C@@H](O)C1CCCCC1)c1cnc2c(cnn2Cc2ccccc2)c1. The molecule has 28 heavy (non-hydrogen) atoms. The van der Waals surface area contributed by atoms with Crippen LogP contribution in [0.15, 0.2) is 48.8 Å². The molecule has 0 bridgehead atoms. The van der Waals surface area contributed by atoms with E-state index in [0.29, 0.717) is 18.0 Å². The van der Waals surface area contributed by atoms with Crippen LogP contribution >= 0.6 is 0 Å². The van der Waals surface area contributed by atoms with Crippen LogP contribution in [0.1, 0.15) is 48.0 Å². The Labute approximate surface area is 164 Å². The fourth-order valence-electron chi connectivity index (χ4n) is 3.95. The molecule has 6 nitrogen and oxygen atoms in total. The van der Waals surface area contributed by atoms with Crippen LogP contribution in [-0.2, 0) is 6.54 Å². The molecule has 2 aromatic heterocycles. The Morgan fingerprint density at radius 1 is 1.18 bits per heavy atom. The molecule has 0 unspecified atom stereocenters. The molecule has 146 valence electrons. The number of aliphatic hydroxyl groups excluding tert-OH is 1. The molecule has 1 amide bonds. The van der Waals surface area contributed by atoms with E-state index in [4.69, 9.17) is 0 Å². The minimum absolute atomic E-state index is 0.208. The van der Waals surface area contributed by atoms with E-state index < -0.39 is 6.10 Å². The van der Waals surface area contributed by atoms with Gasteiger partial charge in [-0.05, 0) is 30.4 Å². The summed E-state index contributed by atoms with van der Waals surface area (Å²) < 4.78 is 1.83. The maximum atomic E-state index is 12.5. The van der Waals surface area contributed by atoms with Gasteiger partial charge in [0.05, 0.1) is 24.4 Å². The van der Waals surface area contributed by atoms with Gasteiger partial charge in [0.2, 0.25) is 0 Å². The summed E-state index contributed by atoms with van der Waals surface area (Å²) in [6.07, 6.45) is 8.52. The molecule has 1 atom stereocenters. The molecule has 0 aliphatic heterocycles. The summed E-state index contributed by atoms with van der Waals surface area (Å²) in [7, 11) is 0. The van der Waals surface area contributed by atoms with E-state index in [1.165, 1.54) is 19.3 Å². The van der Waals surface area contributed by atoms with Crippen molar-refractivity contribution < 1.29 is 9.90 Å². The van der Waals surface area contributed by atoms with Gasteiger partial charge in [-0.1, -0.05) is 49.6 Å². The summed E-state index contributed by atoms with van der Waals surface area (Å²) in [6.45, 7) is 0.922. The largest absolute Gasteiger partial charge is 0.391 e. The van der Waals surface area contributed by atoms with Gasteiger partial charge in [-0.3, -0.25) is 4.79 Å². The molecule has 0 spiro atoms. The number of hydrogen-bond donors (Lipinski definition) is 2. The van der Waals surface area contributed by atoms with Gasteiger partial charge in [0.25, 0.3) is 5.91 Å². The third-order valence-electron chi connectivity index (χ3n) is 5.58. The highest BCUT2D eigenvalue weighted by Crippen LogP contribution is 2.26. The molecule has 2 N–H and O–H groups in total. The molecule has 1 fully saturated rings. The molecule has 1 aromatic carbocycles. The number of aliphatic hydroxyl groups is 1. The highest BCUT2D eigenvalue weighted by Gasteiger charge is 2.22. The predicted octanol–water partition coefficient (Wildman–Crippen LogP) is 3.15. The number of fused-ring (bicyclic) bond motifs is 1. The lowest BCUT2D eigenvalue weighted by Crippen LogP contribution is -2.37. The Hall–Kier alpha value is -2.73. The summed E-state index contributed by atoms with van der Waals surface area (Å²) in [6, 6.07) is 11.9. The first-order valence-corrected chi connectivity index (χ1v) is 10.0. The highest BCUT2D eigenvalue weighted by atomic mass is 16.3. The second-order valence-electron chi connectivity index (χ2n) is 7.60. The van der Waals surface area contributed by atoms with Crippen LogP contribution in [0.25, 0.3) is 11.0 Å². The summed E-state index contributed by atoms with van der Waals surface area (Å²) in [4.78, 5) is 16.9. The lowest BCUT2D eigenvalue weighted by molar-refractivity contribution is 0.0738. The second-order valence-corrected chi connectivity index (χ2v) is 7.60. The van der Waals surface area contributed by atoms with E-state index in [2.05, 4.69) is 15.4 Å². The molecule has 6 heteroatoms. The number of carbonyl (C=O) groups is 1. The predicted molar refractivity (Wildman–Crippen MR) is 108 cm³/mol. The zero-order chi connectivity index (χ0) is 19.3. The lowest BCUT2D eigenvalue weighted by Gasteiger charge is -2.26. The average molecular weight is 378 g/mol. The number of benzene rings is 1. The van der Waals surface area contributed by atoms with Gasteiger partial charge >= 0.3 is 0 Å². The quantitative estimate of drug-likeness (QED) is 0.690. The maximum absolute atomic E-state index is 12.5. The zero-order valence-corrected chi connectivity index (χ0v) is 15.9. The number of pyridine rings is 1. The maximum Gasteiger partial charge on any atom is 0.252 e. The van der Waals surface area contributed by atoms with Crippen molar-refractivity contribution in [2.24, 2.45) is 5.92 Å². The number of rotatable bonds is 6. The van der Waals surface area contributed by atoms with Crippen LogP contribution < -0.4 is 5.32 Å². The molecule has 3 aromatic rings. The van der Waals surface area contributed by atoms with E-state index in [9.17, 15) is 9.90 Å². The van der Waals surface area contributed by atoms with Crippen molar-refractivity contribution in [1.29, 1.82) is 0 Å². The first kappa shape index (κ1) is 18.6. The molecule has 0 saturated heterocycles. The smallest absolute Gasteiger partial charge is 0.252 e. The normalized spacial score (nSPS) is 16.2. The lowest BCUT2D eigenvalue weighted by atomic mass is 9.85. The van der Waals surface area contributed by atoms with Crippen LogP contribution in [-0.4, -0.2) is 38.4 Å². The van der Waals surface area contributed by atoms with Crippen LogP contribution in [0.2, 0.25) is 0 Å². The van der Waals surface area contributed by atoms with Crippen molar-refractivity contribution in [3.05, 3.63) is 59.9 Å². The minimum Gasteiger partial charge on any atom is -0.391 e. The Morgan fingerprint density at radius 2 is 1.96 bits per heavy atom. The Balaban J connectivity index is 1.40. The number of aromatic nitrogens is 3. The molecule has 0 radical (unpaired) electrons. The molecule has 2 heterocycles. The van der Waals surface area contributed by atoms with Crippen LogP contribution in [0.3, 0.4) is 0 Å². The second kappa shape index (κ2) is 8.52. The molecule has 1 aliphatic rings. The van der Waals surface area contributed by atoms with Crippen molar-refractivity contribution in [2.45, 2.75) is 44.8 Å². The van der Waals surface area contributed by atoms with Crippen LogP contribution in [0.4, 0.5) is 0 Å². The number of amides is 1. The average Bonchev–Trinajstić information content (AvgIpc) is 3.15. The van der Waals surface area contributed by atoms with Crippen molar-refractivity contribution >= 4 is 16.9 Å². The van der Waals surface area contributed by atoms with E-state index >= 15 is 0 Å².